The van der Waals surface area contributed by atoms with Gasteiger partial charge < -0.3 is 0 Å². The molecule has 0 bridgehead atoms. The number of hydrogen-bond acceptors (Lipinski definition) is 6. The predicted molar refractivity (Wildman–Crippen MR) is 34.8 cm³/mol. The van der Waals surface area contributed by atoms with E-state index in [1.54, 1.807) is 6.21 Å². The molecule has 8 heteroatoms. The molecule has 1 atom stereocenters. The fourth-order valence-corrected chi connectivity index (χ4v) is 0.577. The molecule has 1 heterocycles. The molecule has 0 spiro atoms. The summed E-state index contributed by atoms with van der Waals surface area (Å²) in [6.07, 6.45) is 6.48. The minimum atomic E-state index is -4.94. The van der Waals surface area contributed by atoms with Crippen molar-refractivity contribution in [1.82, 2.24) is 0 Å². The SMILES string of the molecule is CCCO[NH+]1C=CC=N1.[O-][Cl+3]([O-])([O-])[O-]. The van der Waals surface area contributed by atoms with Crippen molar-refractivity contribution >= 4 is 6.21 Å². The lowest BCUT2D eigenvalue weighted by Gasteiger charge is -2.17. The van der Waals surface area contributed by atoms with Crippen LogP contribution in [-0.4, -0.2) is 12.8 Å². The van der Waals surface area contributed by atoms with Crippen molar-refractivity contribution < 1.29 is 38.9 Å². The summed E-state index contributed by atoms with van der Waals surface area (Å²) in [5.74, 6) is 0. The van der Waals surface area contributed by atoms with Crippen LogP contribution < -0.4 is 23.8 Å². The average Bonchev–Trinajstić information content (AvgIpc) is 2.49. The maximum absolute atomic E-state index is 8.49. The van der Waals surface area contributed by atoms with E-state index < -0.39 is 10.2 Å². The zero-order valence-corrected chi connectivity index (χ0v) is 8.27. The molecule has 1 aliphatic rings. The van der Waals surface area contributed by atoms with Crippen LogP contribution in [0.1, 0.15) is 13.3 Å². The van der Waals surface area contributed by atoms with Crippen LogP contribution in [-0.2, 0) is 4.84 Å². The molecule has 0 aromatic rings. The third-order valence-electron chi connectivity index (χ3n) is 0.981. The van der Waals surface area contributed by atoms with E-state index in [-0.39, 0.29) is 0 Å². The lowest BCUT2D eigenvalue weighted by molar-refractivity contribution is -2.00. The molecule has 1 N–H and O–H groups in total. The molecule has 1 rings (SSSR count). The first-order valence-corrected chi connectivity index (χ1v) is 4.99. The van der Waals surface area contributed by atoms with Gasteiger partial charge in [0.15, 0.2) is 6.20 Å². The Hall–Kier alpha value is -0.540. The summed E-state index contributed by atoms with van der Waals surface area (Å²) >= 11 is 0. The van der Waals surface area contributed by atoms with E-state index in [2.05, 4.69) is 12.0 Å². The van der Waals surface area contributed by atoms with Crippen molar-refractivity contribution in [1.29, 1.82) is 0 Å². The molecule has 14 heavy (non-hydrogen) atoms. The quantitative estimate of drug-likeness (QED) is 0.517. The molecule has 0 amide bonds. The molecule has 0 radical (unpaired) electrons. The fourth-order valence-electron chi connectivity index (χ4n) is 0.577. The number of hydrogen-bond donors (Lipinski definition) is 1. The van der Waals surface area contributed by atoms with Gasteiger partial charge in [-0.05, 0) is 11.6 Å². The van der Waals surface area contributed by atoms with E-state index in [1.165, 1.54) is 0 Å². The molecule has 0 saturated heterocycles. The third kappa shape index (κ3) is 11.5. The van der Waals surface area contributed by atoms with Crippen LogP contribution in [0.3, 0.4) is 0 Å². The van der Waals surface area contributed by atoms with Crippen LogP contribution in [0.4, 0.5) is 0 Å². The highest BCUT2D eigenvalue weighted by atomic mass is 35.7. The first-order valence-electron chi connectivity index (χ1n) is 3.75. The van der Waals surface area contributed by atoms with E-state index in [0.717, 1.165) is 18.2 Å². The highest BCUT2D eigenvalue weighted by Crippen LogP contribution is 1.74. The van der Waals surface area contributed by atoms with Crippen LogP contribution >= 0.6 is 0 Å². The van der Waals surface area contributed by atoms with E-state index in [0.29, 0.717) is 0 Å². The lowest BCUT2D eigenvalue weighted by Crippen LogP contribution is -3.00. The largest absolute Gasteiger partial charge is 0.222 e. The monoisotopic (exact) mass is 226 g/mol. The van der Waals surface area contributed by atoms with Crippen LogP contribution in [0.5, 0.6) is 0 Å². The average molecular weight is 227 g/mol. The van der Waals surface area contributed by atoms with Crippen LogP contribution in [0.25, 0.3) is 0 Å². The van der Waals surface area contributed by atoms with E-state index >= 15 is 0 Å². The van der Waals surface area contributed by atoms with Gasteiger partial charge in [-0.2, -0.15) is 4.84 Å². The number of halogens is 1. The summed E-state index contributed by atoms with van der Waals surface area (Å²) in [5, 5.41) is 4.66. The van der Waals surface area contributed by atoms with E-state index in [9.17, 15) is 0 Å². The molecule has 0 aromatic heterocycles. The Balaban J connectivity index is 0.000000292. The van der Waals surface area contributed by atoms with Gasteiger partial charge in [-0.1, -0.05) is 12.0 Å². The maximum Gasteiger partial charge on any atom is 0.157 e. The van der Waals surface area contributed by atoms with Crippen molar-refractivity contribution in [3.8, 4) is 0 Å². The summed E-state index contributed by atoms with van der Waals surface area (Å²) in [6.45, 7) is 2.83. The van der Waals surface area contributed by atoms with Gasteiger partial charge in [-0.15, -0.1) is 10.2 Å². The van der Waals surface area contributed by atoms with Crippen molar-refractivity contribution in [3.63, 3.8) is 0 Å². The van der Waals surface area contributed by atoms with Crippen molar-refractivity contribution in [2.75, 3.05) is 6.61 Å². The molecule has 82 valence electrons. The van der Waals surface area contributed by atoms with Gasteiger partial charge in [-0.3, -0.25) is 0 Å². The number of quaternary nitrogens is 1. The molecule has 0 aromatic carbocycles. The summed E-state index contributed by atoms with van der Waals surface area (Å²) in [4.78, 5) is 5.18. The van der Waals surface area contributed by atoms with Gasteiger partial charge in [0.1, 0.15) is 6.61 Å². The fraction of sp³-hybridized carbons (Fsp3) is 0.500. The Morgan fingerprint density at radius 2 is 1.93 bits per heavy atom. The van der Waals surface area contributed by atoms with E-state index in [4.69, 9.17) is 23.5 Å². The second-order valence-electron chi connectivity index (χ2n) is 2.20. The molecule has 0 fully saturated rings. The van der Waals surface area contributed by atoms with Crippen LogP contribution in [0, 0.1) is 10.2 Å². The Bertz CT molecular complexity index is 185. The topological polar surface area (TPSA) is 118 Å². The standard InChI is InChI=1S/C6H10N2O.ClHO4/c1-2-6-9-8-5-3-4-7-8;2-1(3,4)5/h3-5H,2,6H2,1H3;(H,2,3,4,5). The molecular weight excluding hydrogens is 216 g/mol. The molecule has 7 nitrogen and oxygen atoms in total. The Morgan fingerprint density at radius 1 is 1.36 bits per heavy atom. The summed E-state index contributed by atoms with van der Waals surface area (Å²) in [5.41, 5.74) is 0. The Kier molecular flexibility index (Phi) is 6.58. The number of hydroxylamine groups is 1. The number of nitrogens with one attached hydrogen (secondary N) is 1. The molecule has 1 aliphatic heterocycles. The minimum Gasteiger partial charge on any atom is -0.222 e. The summed E-state index contributed by atoms with van der Waals surface area (Å²) in [7, 11) is -4.94. The van der Waals surface area contributed by atoms with Crippen molar-refractivity contribution in [2.45, 2.75) is 13.3 Å². The van der Waals surface area contributed by atoms with Crippen LogP contribution in [0.15, 0.2) is 17.4 Å². The number of rotatable bonds is 3. The Morgan fingerprint density at radius 3 is 2.29 bits per heavy atom. The zero-order valence-electron chi connectivity index (χ0n) is 7.51. The molecule has 1 unspecified atom stereocenters. The lowest BCUT2D eigenvalue weighted by atomic mass is 10.5. The van der Waals surface area contributed by atoms with Gasteiger partial charge >= 0.3 is 0 Å². The highest BCUT2D eigenvalue weighted by Gasteiger charge is 2.03. The molecule has 0 saturated carbocycles. The van der Waals surface area contributed by atoms with Crippen molar-refractivity contribution in [3.05, 3.63) is 12.3 Å². The third-order valence-corrected chi connectivity index (χ3v) is 0.981. The van der Waals surface area contributed by atoms with Crippen LogP contribution in [0.2, 0.25) is 0 Å². The smallest absolute Gasteiger partial charge is 0.157 e. The zero-order chi connectivity index (χ0) is 11.0. The van der Waals surface area contributed by atoms with E-state index in [1.807, 2.05) is 12.3 Å². The van der Waals surface area contributed by atoms with Gasteiger partial charge in [0.25, 0.3) is 0 Å². The second kappa shape index (κ2) is 6.85. The Labute approximate surface area is 83.2 Å². The summed E-state index contributed by atoms with van der Waals surface area (Å²) in [6, 6.07) is 0. The first-order chi connectivity index (χ1) is 6.43. The second-order valence-corrected chi connectivity index (χ2v) is 2.96. The first kappa shape index (κ1) is 13.5. The molecular formula is C6H11ClN2O5. The predicted octanol–water partition coefficient (Wildman–Crippen LogP) is -5.03. The van der Waals surface area contributed by atoms with Gasteiger partial charge in [0.05, 0.1) is 6.21 Å². The molecule has 0 aliphatic carbocycles. The van der Waals surface area contributed by atoms with Crippen molar-refractivity contribution in [2.24, 2.45) is 5.10 Å². The maximum atomic E-state index is 8.49. The van der Waals surface area contributed by atoms with Gasteiger partial charge in [0, 0.05) is 6.08 Å². The minimum absolute atomic E-state index is 0.733. The number of allylic oxidation sites excluding steroid dienone is 1. The van der Waals surface area contributed by atoms with Gasteiger partial charge in [0.2, 0.25) is 0 Å². The summed E-state index contributed by atoms with van der Waals surface area (Å²) < 4.78 is 34.0. The highest BCUT2D eigenvalue weighted by molar-refractivity contribution is 5.70. The van der Waals surface area contributed by atoms with Gasteiger partial charge in [-0.25, -0.2) is 18.6 Å². The number of nitrogens with zero attached hydrogens (tertiary/aromatic N) is 1. The normalized spacial score (nSPS) is 19.4.